The number of amides is 1. The highest BCUT2D eigenvalue weighted by atomic mass is 19.1. The van der Waals surface area contributed by atoms with E-state index in [4.69, 9.17) is 0 Å². The smallest absolute Gasteiger partial charge is 0.258 e. The molecule has 0 unspecified atom stereocenters. The molecule has 1 aromatic heterocycles. The molecule has 0 spiro atoms. The van der Waals surface area contributed by atoms with Crippen LogP contribution in [0.4, 0.5) is 10.1 Å². The number of hydrogen-bond acceptors (Lipinski definition) is 1. The number of aryl methyl sites for hydroxylation is 1. The summed E-state index contributed by atoms with van der Waals surface area (Å²) in [5.41, 5.74) is 6.72. The summed E-state index contributed by atoms with van der Waals surface area (Å²) >= 11 is 0. The van der Waals surface area contributed by atoms with Gasteiger partial charge in [0, 0.05) is 16.9 Å². The van der Waals surface area contributed by atoms with E-state index in [-0.39, 0.29) is 17.6 Å². The Morgan fingerprint density at radius 1 is 0.903 bits per heavy atom. The van der Waals surface area contributed by atoms with E-state index in [1.807, 2.05) is 55.5 Å². The molecule has 0 saturated carbocycles. The first kappa shape index (κ1) is 20.6. The van der Waals surface area contributed by atoms with Crippen LogP contribution < -0.4 is 5.32 Å². The molecule has 0 aliphatic rings. The molecule has 3 aromatic carbocycles. The van der Waals surface area contributed by atoms with Gasteiger partial charge in [0.05, 0.1) is 11.3 Å². The van der Waals surface area contributed by atoms with Crippen LogP contribution in [-0.4, -0.2) is 10.9 Å². The van der Waals surface area contributed by atoms with Crippen molar-refractivity contribution in [2.75, 3.05) is 5.32 Å². The van der Waals surface area contributed by atoms with Gasteiger partial charge in [-0.15, -0.1) is 0 Å². The highest BCUT2D eigenvalue weighted by Crippen LogP contribution is 2.39. The zero-order valence-corrected chi connectivity index (χ0v) is 17.9. The van der Waals surface area contributed by atoms with Crippen molar-refractivity contribution in [3.63, 3.8) is 0 Å². The van der Waals surface area contributed by atoms with E-state index >= 15 is 0 Å². The fourth-order valence-electron chi connectivity index (χ4n) is 3.83. The number of para-hydroxylation sites is 1. The number of anilines is 1. The summed E-state index contributed by atoms with van der Waals surface area (Å²) in [7, 11) is 0. The van der Waals surface area contributed by atoms with Crippen LogP contribution >= 0.6 is 0 Å². The Bertz CT molecular complexity index is 1210. The Morgan fingerprint density at radius 2 is 1.61 bits per heavy atom. The number of rotatable bonds is 5. The maximum atomic E-state index is 13.6. The second kappa shape index (κ2) is 8.60. The topological polar surface area (TPSA) is 44.9 Å². The molecule has 156 valence electrons. The maximum absolute atomic E-state index is 13.6. The van der Waals surface area contributed by atoms with Crippen LogP contribution in [0.25, 0.3) is 22.4 Å². The molecule has 3 nitrogen and oxygen atoms in total. The fraction of sp³-hybridized carbons (Fsp3) is 0.148. The molecular formula is C27H25FN2O. The van der Waals surface area contributed by atoms with Crippen LogP contribution in [-0.2, 0) is 0 Å². The molecule has 0 fully saturated rings. The average Bonchev–Trinajstić information content (AvgIpc) is 3.16. The lowest BCUT2D eigenvalue weighted by molar-refractivity contribution is 0.102. The summed E-state index contributed by atoms with van der Waals surface area (Å²) in [6.45, 7) is 6.14. The fourth-order valence-corrected chi connectivity index (χ4v) is 3.83. The predicted octanol–water partition coefficient (Wildman–Crippen LogP) is 7.17. The van der Waals surface area contributed by atoms with Crippen molar-refractivity contribution in [1.29, 1.82) is 0 Å². The Kier molecular flexibility index (Phi) is 5.72. The lowest BCUT2D eigenvalue weighted by Crippen LogP contribution is -2.15. The van der Waals surface area contributed by atoms with Gasteiger partial charge in [-0.3, -0.25) is 4.79 Å². The van der Waals surface area contributed by atoms with Crippen LogP contribution in [0.15, 0.2) is 78.9 Å². The van der Waals surface area contributed by atoms with Crippen LogP contribution in [0, 0.1) is 12.7 Å². The zero-order chi connectivity index (χ0) is 22.0. The zero-order valence-electron chi connectivity index (χ0n) is 17.9. The quantitative estimate of drug-likeness (QED) is 0.358. The number of aromatic amines is 1. The first-order valence-electron chi connectivity index (χ1n) is 10.4. The summed E-state index contributed by atoms with van der Waals surface area (Å²) in [6, 6.07) is 23.9. The van der Waals surface area contributed by atoms with Crippen molar-refractivity contribution in [3.8, 4) is 22.4 Å². The first-order chi connectivity index (χ1) is 14.9. The predicted molar refractivity (Wildman–Crippen MR) is 125 cm³/mol. The molecule has 0 saturated heterocycles. The van der Waals surface area contributed by atoms with Crippen molar-refractivity contribution in [2.45, 2.75) is 26.7 Å². The minimum absolute atomic E-state index is 0.0919. The van der Waals surface area contributed by atoms with Gasteiger partial charge < -0.3 is 10.3 Å². The summed E-state index contributed by atoms with van der Waals surface area (Å²) in [5, 5.41) is 3.03. The second-order valence-corrected chi connectivity index (χ2v) is 8.01. The van der Waals surface area contributed by atoms with Crippen molar-refractivity contribution in [2.24, 2.45) is 0 Å². The minimum Gasteiger partial charge on any atom is -0.357 e. The molecule has 1 heterocycles. The maximum Gasteiger partial charge on any atom is 0.258 e. The molecule has 1 amide bonds. The standard InChI is InChI=1S/C27H25FN2O/c1-17(2)25-24(27(31)29-22-10-5-4-6-11-22)23(20-9-7-8-18(3)16-20)26(30-25)19-12-14-21(28)15-13-19/h4-17,30H,1-3H3,(H,29,31). The van der Waals surface area contributed by atoms with E-state index in [0.717, 1.165) is 39.3 Å². The number of hydrogen-bond donors (Lipinski definition) is 2. The number of aromatic nitrogens is 1. The molecule has 4 rings (SSSR count). The Labute approximate surface area is 182 Å². The molecule has 0 bridgehead atoms. The summed E-state index contributed by atoms with van der Waals surface area (Å²) in [5.74, 6) is -0.371. The Hall–Kier alpha value is -3.66. The van der Waals surface area contributed by atoms with Crippen LogP contribution in [0.5, 0.6) is 0 Å². The minimum atomic E-state index is -0.293. The lowest BCUT2D eigenvalue weighted by Gasteiger charge is -2.12. The number of H-pyrrole nitrogens is 1. The number of nitrogens with one attached hydrogen (secondary N) is 2. The number of halogens is 1. The largest absolute Gasteiger partial charge is 0.357 e. The normalized spacial score (nSPS) is 11.0. The van der Waals surface area contributed by atoms with Crippen LogP contribution in [0.1, 0.15) is 41.4 Å². The Morgan fingerprint density at radius 3 is 2.26 bits per heavy atom. The van der Waals surface area contributed by atoms with E-state index in [1.54, 1.807) is 12.1 Å². The van der Waals surface area contributed by atoms with E-state index < -0.39 is 0 Å². The molecule has 4 heteroatoms. The third kappa shape index (κ3) is 4.29. The third-order valence-corrected chi connectivity index (χ3v) is 5.30. The van der Waals surface area contributed by atoms with Gasteiger partial charge in [-0.1, -0.05) is 61.9 Å². The summed E-state index contributed by atoms with van der Waals surface area (Å²) in [4.78, 5) is 17.0. The van der Waals surface area contributed by atoms with Crippen LogP contribution in [0.2, 0.25) is 0 Å². The number of carbonyl (C=O) groups is 1. The van der Waals surface area contributed by atoms with E-state index in [9.17, 15) is 9.18 Å². The van der Waals surface area contributed by atoms with Crippen LogP contribution in [0.3, 0.4) is 0 Å². The monoisotopic (exact) mass is 412 g/mol. The van der Waals surface area contributed by atoms with E-state index in [0.29, 0.717) is 5.56 Å². The average molecular weight is 413 g/mol. The Balaban J connectivity index is 1.95. The molecule has 2 N–H and O–H groups in total. The molecule has 0 radical (unpaired) electrons. The second-order valence-electron chi connectivity index (χ2n) is 8.01. The molecule has 0 atom stereocenters. The van der Waals surface area contributed by atoms with E-state index in [2.05, 4.69) is 30.2 Å². The third-order valence-electron chi connectivity index (χ3n) is 5.30. The van der Waals surface area contributed by atoms with Gasteiger partial charge in [0.15, 0.2) is 0 Å². The van der Waals surface area contributed by atoms with Gasteiger partial charge in [0.1, 0.15) is 5.82 Å². The van der Waals surface area contributed by atoms with Gasteiger partial charge in [-0.2, -0.15) is 0 Å². The molecule has 0 aliphatic carbocycles. The van der Waals surface area contributed by atoms with Gasteiger partial charge in [0.25, 0.3) is 5.91 Å². The van der Waals surface area contributed by atoms with Crippen molar-refractivity contribution in [1.82, 2.24) is 4.98 Å². The first-order valence-corrected chi connectivity index (χ1v) is 10.4. The lowest BCUT2D eigenvalue weighted by atomic mass is 9.93. The van der Waals surface area contributed by atoms with Crippen molar-refractivity contribution in [3.05, 3.63) is 102 Å². The highest BCUT2D eigenvalue weighted by Gasteiger charge is 2.26. The van der Waals surface area contributed by atoms with Gasteiger partial charge >= 0.3 is 0 Å². The van der Waals surface area contributed by atoms with Gasteiger partial charge in [0.2, 0.25) is 0 Å². The van der Waals surface area contributed by atoms with Gasteiger partial charge in [-0.25, -0.2) is 4.39 Å². The van der Waals surface area contributed by atoms with Crippen molar-refractivity contribution >= 4 is 11.6 Å². The molecule has 31 heavy (non-hydrogen) atoms. The van der Waals surface area contributed by atoms with E-state index in [1.165, 1.54) is 12.1 Å². The number of carbonyl (C=O) groups excluding carboxylic acids is 1. The summed E-state index contributed by atoms with van der Waals surface area (Å²) < 4.78 is 13.6. The van der Waals surface area contributed by atoms with Gasteiger partial charge in [-0.05, 0) is 60.4 Å². The molecule has 0 aliphatic heterocycles. The molecule has 4 aromatic rings. The highest BCUT2D eigenvalue weighted by molar-refractivity contribution is 6.12. The van der Waals surface area contributed by atoms with Crippen molar-refractivity contribution < 1.29 is 9.18 Å². The number of benzene rings is 3. The summed E-state index contributed by atoms with van der Waals surface area (Å²) in [6.07, 6.45) is 0. The SMILES string of the molecule is Cc1cccc(-c2c(-c3ccc(F)cc3)[nH]c(C(C)C)c2C(=O)Nc2ccccc2)c1. The molecular weight excluding hydrogens is 387 g/mol.